The summed E-state index contributed by atoms with van der Waals surface area (Å²) in [5.74, 6) is -0.671. The predicted molar refractivity (Wildman–Crippen MR) is 413 cm³/mol. The molecule has 14 aromatic carbocycles. The maximum Gasteiger partial charge on any atom is 0.0948 e. The minimum atomic E-state index is -0.888. The fourth-order valence-electron chi connectivity index (χ4n) is 15.0. The second-order valence-corrected chi connectivity index (χ2v) is 27.4. The topological polar surface area (TPSA) is 14.7 Å². The third kappa shape index (κ3) is 9.64. The van der Waals surface area contributed by atoms with E-state index in [1.54, 1.807) is 24.3 Å². The van der Waals surface area contributed by atoms with E-state index in [0.29, 0.717) is 68.6 Å². The van der Waals surface area contributed by atoms with Crippen LogP contribution in [0, 0.1) is 0 Å². The van der Waals surface area contributed by atoms with Crippen LogP contribution in [0.3, 0.4) is 0 Å². The number of fused-ring (bicyclic) bond motifs is 9. The van der Waals surface area contributed by atoms with Crippen molar-refractivity contribution in [2.75, 3.05) is 14.7 Å². The highest BCUT2D eigenvalue weighted by Crippen LogP contribution is 2.68. The molecular formula is C94H74N4. The maximum atomic E-state index is 10.2. The largest absolute Gasteiger partial charge is 0.309 e. The lowest BCUT2D eigenvalue weighted by atomic mass is 9.74. The van der Waals surface area contributed by atoms with Crippen LogP contribution < -0.4 is 14.7 Å². The Labute approximate surface area is 602 Å². The van der Waals surface area contributed by atoms with Gasteiger partial charge in [0.1, 0.15) is 0 Å². The van der Waals surface area contributed by atoms with Crippen LogP contribution in [0.25, 0.3) is 83.1 Å². The van der Waals surface area contributed by atoms with Gasteiger partial charge < -0.3 is 19.3 Å². The number of aromatic nitrogens is 1. The second kappa shape index (κ2) is 23.0. The van der Waals surface area contributed by atoms with Gasteiger partial charge in [0.15, 0.2) is 0 Å². The number of hydrogen-bond donors (Lipinski definition) is 0. The number of rotatable bonds is 9. The molecule has 0 amide bonds. The molecule has 0 saturated heterocycles. The van der Waals surface area contributed by atoms with Crippen molar-refractivity contribution in [2.45, 2.75) is 64.7 Å². The third-order valence-electron chi connectivity index (χ3n) is 19.6. The molecule has 4 nitrogen and oxygen atoms in total. The van der Waals surface area contributed by atoms with Crippen LogP contribution >= 0.6 is 0 Å². The van der Waals surface area contributed by atoms with Crippen molar-refractivity contribution in [3.63, 3.8) is 0 Å². The van der Waals surface area contributed by atoms with Crippen molar-refractivity contribution < 1.29 is 26.0 Å². The van der Waals surface area contributed by atoms with Gasteiger partial charge in [0.05, 0.1) is 88.3 Å². The van der Waals surface area contributed by atoms with Gasteiger partial charge in [0.25, 0.3) is 0 Å². The number of hydrogen-bond acceptors (Lipinski definition) is 3. The van der Waals surface area contributed by atoms with Gasteiger partial charge in [0, 0.05) is 44.6 Å². The van der Waals surface area contributed by atoms with Crippen LogP contribution in [0.15, 0.2) is 321 Å². The summed E-state index contributed by atoms with van der Waals surface area (Å²) in [4.78, 5) is 6.00. The molecule has 0 spiro atoms. The van der Waals surface area contributed by atoms with Crippen LogP contribution in [0.2, 0.25) is 0 Å². The predicted octanol–water partition coefficient (Wildman–Crippen LogP) is 25.8. The Morgan fingerprint density at radius 1 is 0.316 bits per heavy atom. The molecule has 0 atom stereocenters. The Bertz CT molecular complexity index is 6560. The Hall–Kier alpha value is -11.7. The van der Waals surface area contributed by atoms with E-state index in [1.165, 1.54) is 0 Å². The molecular weight excluding hydrogens is 1190 g/mol. The number of anilines is 9. The van der Waals surface area contributed by atoms with Crippen molar-refractivity contribution in [2.24, 2.45) is 0 Å². The molecule has 98 heavy (non-hydrogen) atoms. The van der Waals surface area contributed by atoms with Gasteiger partial charge in [-0.2, -0.15) is 0 Å². The van der Waals surface area contributed by atoms with E-state index in [-0.39, 0.29) is 68.0 Å². The average Bonchev–Trinajstić information content (AvgIpc) is 1.06. The molecule has 2 aliphatic heterocycles. The van der Waals surface area contributed by atoms with Gasteiger partial charge in [0.2, 0.25) is 0 Å². The Morgan fingerprint density at radius 3 is 1.21 bits per heavy atom. The highest BCUT2D eigenvalue weighted by atomic mass is 15.3. The lowest BCUT2D eigenvalue weighted by Gasteiger charge is -2.49. The van der Waals surface area contributed by atoms with Crippen LogP contribution in [0.4, 0.5) is 51.2 Å². The molecule has 0 bridgehead atoms. The summed E-state index contributed by atoms with van der Waals surface area (Å²) < 4.78 is 187. The molecule has 0 unspecified atom stereocenters. The third-order valence-corrected chi connectivity index (χ3v) is 19.6. The molecule has 0 N–H and O–H groups in total. The highest BCUT2D eigenvalue weighted by Gasteiger charge is 2.44. The molecule has 4 heteroatoms. The Morgan fingerprint density at radius 2 is 0.724 bits per heavy atom. The summed E-state index contributed by atoms with van der Waals surface area (Å²) >= 11 is 0. The fourth-order valence-corrected chi connectivity index (χ4v) is 15.0. The van der Waals surface area contributed by atoms with Crippen LogP contribution in [-0.2, 0) is 17.3 Å². The Balaban J connectivity index is 1.13. The molecule has 470 valence electrons. The average molecular weight is 1280 g/mol. The zero-order valence-corrected chi connectivity index (χ0v) is 54.7. The summed E-state index contributed by atoms with van der Waals surface area (Å²) in [5, 5.41) is 1.89. The molecule has 15 aromatic rings. The summed E-state index contributed by atoms with van der Waals surface area (Å²) in [6.07, 6.45) is 0.550. The van der Waals surface area contributed by atoms with E-state index in [9.17, 15) is 21.9 Å². The minimum Gasteiger partial charge on any atom is -0.309 e. The smallest absolute Gasteiger partial charge is 0.0948 e. The molecule has 1 aromatic heterocycles. The first kappa shape index (κ1) is 42.0. The van der Waals surface area contributed by atoms with E-state index in [1.807, 2.05) is 179 Å². The molecule has 3 heterocycles. The van der Waals surface area contributed by atoms with Crippen molar-refractivity contribution in [3.05, 3.63) is 360 Å². The quantitative estimate of drug-likeness (QED) is 0.143. The van der Waals surface area contributed by atoms with Gasteiger partial charge in [-0.25, -0.2) is 0 Å². The summed E-state index contributed by atoms with van der Waals surface area (Å²) in [6, 6.07) is 55.4. The SMILES string of the molecule is [2H]c1cc([2H])c([2H])c(-c2cc(C(C)(C)C)cc(-c3c([2H])c([2H])c([2H])c([2H])c3[2H])c2N2c3ccc(-c4ccccc4)cc3N3c4ccc(-n5c6ccccc6c6ccccc65)cc4N(c4c(-c5c([2H])c([2H])c([2H])c([2H])c5[2H])cc(C(C)(C)C)cc4-c4c([2H])c([2H])c([2H])c([2H])c4[2H])c4cc(C5c6ccccc6Cc6ccccc65)cc2c43)c1[2H]. The zero-order chi connectivity index (χ0) is 82.5. The van der Waals surface area contributed by atoms with E-state index >= 15 is 0 Å². The summed E-state index contributed by atoms with van der Waals surface area (Å²) in [7, 11) is 0. The van der Waals surface area contributed by atoms with Crippen molar-refractivity contribution in [1.82, 2.24) is 4.57 Å². The standard InChI is InChI=1S/C94H74N4/c1-93(2,3)70-56-77(62-32-14-8-15-33-62)90(78(57-70)63-34-16-9-17-35-63)97-83-50-48-66(61-30-12-7-13-31-61)53-85(83)96-84-51-49-72(95-81-46-28-26-44-75(81)76-45-27-29-47-82(76)95)60-86(84)98(91-79(64-36-18-10-19-37-64)58-71(94(4,5)6)59-80(91)65-38-20-11-21-39-65)88-55-69(54-87(97)92(88)96)89-73-42-24-22-40-67(73)52-68-41-23-25-43-74(68)89/h7-51,53-60,89H,52H2,1-6H3/i8D,10D,11D,14D,15D,16D,17D,18D,19D,20D,21D,32D,33D,34D,35D,36D,37D,38D,39D. The summed E-state index contributed by atoms with van der Waals surface area (Å²) in [5.41, 5.74) is 9.66. The molecule has 0 saturated carbocycles. The number of benzene rings is 14. The first-order valence-electron chi connectivity index (χ1n) is 42.5. The van der Waals surface area contributed by atoms with Crippen molar-refractivity contribution >= 4 is 73.0 Å². The van der Waals surface area contributed by atoms with Crippen molar-refractivity contribution in [3.8, 4) is 61.3 Å². The first-order valence-corrected chi connectivity index (χ1v) is 33.0. The van der Waals surface area contributed by atoms with Gasteiger partial charge in [-0.1, -0.05) is 284 Å². The first-order chi connectivity index (χ1) is 55.8. The van der Waals surface area contributed by atoms with E-state index in [4.69, 9.17) is 4.11 Å². The zero-order valence-electron chi connectivity index (χ0n) is 73.7. The van der Waals surface area contributed by atoms with Crippen LogP contribution in [0.5, 0.6) is 0 Å². The molecule has 0 fully saturated rings. The van der Waals surface area contributed by atoms with Gasteiger partial charge in [-0.05, 0) is 168 Å². The number of para-hydroxylation sites is 2. The van der Waals surface area contributed by atoms with E-state index < -0.39 is 119 Å². The van der Waals surface area contributed by atoms with E-state index in [0.717, 1.165) is 61.3 Å². The lowest BCUT2D eigenvalue weighted by Crippen LogP contribution is -2.32. The molecule has 3 aliphatic rings. The molecule has 1 aliphatic carbocycles. The molecule has 0 radical (unpaired) electrons. The highest BCUT2D eigenvalue weighted by molar-refractivity contribution is 6.18. The van der Waals surface area contributed by atoms with Gasteiger partial charge in [-0.15, -0.1) is 0 Å². The Kier molecular flexibility index (Phi) is 9.85. The summed E-state index contributed by atoms with van der Waals surface area (Å²) in [6.45, 7) is 11.6. The number of nitrogens with zero attached hydrogens (tertiary/aromatic N) is 4. The van der Waals surface area contributed by atoms with Crippen molar-refractivity contribution in [1.29, 1.82) is 0 Å². The van der Waals surface area contributed by atoms with Gasteiger partial charge in [-0.3, -0.25) is 0 Å². The maximum absolute atomic E-state index is 10.2. The lowest BCUT2D eigenvalue weighted by molar-refractivity contribution is 0.590. The normalized spacial score (nSPS) is 16.0. The minimum absolute atomic E-state index is 0.0193. The molecule has 18 rings (SSSR count). The van der Waals surface area contributed by atoms with Gasteiger partial charge >= 0.3 is 0 Å². The monoisotopic (exact) mass is 1280 g/mol. The van der Waals surface area contributed by atoms with E-state index in [2.05, 4.69) is 58.0 Å². The van der Waals surface area contributed by atoms with Crippen LogP contribution in [0.1, 0.15) is 112 Å². The van der Waals surface area contributed by atoms with Crippen LogP contribution in [-0.4, -0.2) is 4.57 Å². The fraction of sp³-hybridized carbons (Fsp3) is 0.106. The second-order valence-electron chi connectivity index (χ2n) is 27.4.